The van der Waals surface area contributed by atoms with Gasteiger partial charge in [0.1, 0.15) is 0 Å². The zero-order valence-electron chi connectivity index (χ0n) is 8.40. The zero-order chi connectivity index (χ0) is 10.2. The number of hydrogen-bond acceptors (Lipinski definition) is 3. The van der Waals surface area contributed by atoms with Gasteiger partial charge >= 0.3 is 0 Å². The van der Waals surface area contributed by atoms with Gasteiger partial charge in [-0.2, -0.15) is 0 Å². The number of nitrogens with zero attached hydrogens (tertiary/aromatic N) is 1. The molecule has 0 radical (unpaired) electrons. The lowest BCUT2D eigenvalue weighted by molar-refractivity contribution is 0.673. The van der Waals surface area contributed by atoms with Crippen molar-refractivity contribution in [1.82, 2.24) is 10.3 Å². The van der Waals surface area contributed by atoms with Crippen LogP contribution in [0.3, 0.4) is 0 Å². The molecule has 0 aliphatic rings. The summed E-state index contributed by atoms with van der Waals surface area (Å²) in [5.41, 5.74) is 1.21. The molecule has 78 valence electrons. The van der Waals surface area contributed by atoms with E-state index in [1.54, 1.807) is 12.4 Å². The van der Waals surface area contributed by atoms with Crippen molar-refractivity contribution >= 4 is 10.8 Å². The van der Waals surface area contributed by atoms with E-state index < -0.39 is 10.8 Å². The van der Waals surface area contributed by atoms with Gasteiger partial charge in [0.2, 0.25) is 0 Å². The molecule has 14 heavy (non-hydrogen) atoms. The Morgan fingerprint density at radius 3 is 2.79 bits per heavy atom. The molecular weight excluding hydrogens is 196 g/mol. The van der Waals surface area contributed by atoms with Crippen LogP contribution in [0, 0.1) is 0 Å². The number of aromatic nitrogens is 1. The van der Waals surface area contributed by atoms with Gasteiger partial charge < -0.3 is 5.32 Å². The number of nitrogens with one attached hydrogen (secondary N) is 1. The highest BCUT2D eigenvalue weighted by molar-refractivity contribution is 7.84. The van der Waals surface area contributed by atoms with Gasteiger partial charge in [-0.05, 0) is 17.7 Å². The van der Waals surface area contributed by atoms with E-state index in [4.69, 9.17) is 0 Å². The minimum atomic E-state index is -0.660. The molecule has 1 heterocycles. The molecule has 0 fully saturated rings. The van der Waals surface area contributed by atoms with E-state index in [9.17, 15) is 4.21 Å². The second-order valence-electron chi connectivity index (χ2n) is 2.96. The lowest BCUT2D eigenvalue weighted by Gasteiger charge is -2.03. The van der Waals surface area contributed by atoms with E-state index in [-0.39, 0.29) is 0 Å². The predicted octanol–water partition coefficient (Wildman–Crippen LogP) is 0.940. The molecule has 3 nitrogen and oxygen atoms in total. The third-order valence-corrected chi connectivity index (χ3v) is 3.21. The van der Waals surface area contributed by atoms with Crippen molar-refractivity contribution in [2.24, 2.45) is 0 Å². The highest BCUT2D eigenvalue weighted by atomic mass is 32.2. The molecule has 0 saturated carbocycles. The largest absolute Gasteiger partial charge is 0.312 e. The van der Waals surface area contributed by atoms with E-state index >= 15 is 0 Å². The minimum Gasteiger partial charge on any atom is -0.312 e. The number of rotatable bonds is 6. The second kappa shape index (κ2) is 6.68. The summed E-state index contributed by atoms with van der Waals surface area (Å²) in [5.74, 6) is 1.48. The summed E-state index contributed by atoms with van der Waals surface area (Å²) < 4.78 is 11.1. The fourth-order valence-corrected chi connectivity index (χ4v) is 1.72. The first-order chi connectivity index (χ1) is 6.83. The minimum absolute atomic E-state index is 0.660. The summed E-state index contributed by atoms with van der Waals surface area (Å²) in [6.07, 6.45) is 3.56. The SMILES string of the molecule is CCS(=O)CCNCc1ccncc1. The quantitative estimate of drug-likeness (QED) is 0.714. The Morgan fingerprint density at radius 2 is 2.14 bits per heavy atom. The smallest absolute Gasteiger partial charge is 0.0360 e. The molecule has 1 atom stereocenters. The Kier molecular flexibility index (Phi) is 5.40. The van der Waals surface area contributed by atoms with Gasteiger partial charge in [-0.15, -0.1) is 0 Å². The average molecular weight is 212 g/mol. The Balaban J connectivity index is 2.13. The highest BCUT2D eigenvalue weighted by Gasteiger charge is 1.95. The number of hydrogen-bond donors (Lipinski definition) is 1. The first-order valence-electron chi connectivity index (χ1n) is 4.77. The van der Waals surface area contributed by atoms with Crippen LogP contribution in [-0.2, 0) is 17.3 Å². The van der Waals surface area contributed by atoms with E-state index in [1.807, 2.05) is 19.1 Å². The molecule has 0 spiro atoms. The molecule has 0 bridgehead atoms. The van der Waals surface area contributed by atoms with E-state index in [2.05, 4.69) is 10.3 Å². The van der Waals surface area contributed by atoms with Gasteiger partial charge in [-0.1, -0.05) is 6.92 Å². The summed E-state index contributed by atoms with van der Waals surface area (Å²) in [6, 6.07) is 3.95. The van der Waals surface area contributed by atoms with Crippen molar-refractivity contribution in [2.75, 3.05) is 18.1 Å². The van der Waals surface area contributed by atoms with Crippen molar-refractivity contribution in [3.8, 4) is 0 Å². The maximum Gasteiger partial charge on any atom is 0.0360 e. The van der Waals surface area contributed by atoms with Crippen molar-refractivity contribution < 1.29 is 4.21 Å². The number of pyridine rings is 1. The zero-order valence-corrected chi connectivity index (χ0v) is 9.22. The summed E-state index contributed by atoms with van der Waals surface area (Å²) in [5, 5.41) is 3.25. The molecule has 1 rings (SSSR count). The fourth-order valence-electron chi connectivity index (χ4n) is 1.06. The monoisotopic (exact) mass is 212 g/mol. The Morgan fingerprint density at radius 1 is 1.43 bits per heavy atom. The average Bonchev–Trinajstić information content (AvgIpc) is 2.25. The van der Waals surface area contributed by atoms with Crippen LogP contribution in [0.15, 0.2) is 24.5 Å². The van der Waals surface area contributed by atoms with Crippen LogP contribution in [0.1, 0.15) is 12.5 Å². The Hall–Kier alpha value is -0.740. The van der Waals surface area contributed by atoms with Crippen LogP contribution in [0.25, 0.3) is 0 Å². The molecule has 4 heteroatoms. The van der Waals surface area contributed by atoms with E-state index in [1.165, 1.54) is 5.56 Å². The van der Waals surface area contributed by atoms with Crippen molar-refractivity contribution in [1.29, 1.82) is 0 Å². The Labute approximate surface area is 87.4 Å². The van der Waals surface area contributed by atoms with E-state index in [0.29, 0.717) is 0 Å². The molecule has 1 aromatic heterocycles. The van der Waals surface area contributed by atoms with Crippen LogP contribution in [0.2, 0.25) is 0 Å². The lowest BCUT2D eigenvalue weighted by atomic mass is 10.3. The van der Waals surface area contributed by atoms with Crippen molar-refractivity contribution in [2.45, 2.75) is 13.5 Å². The van der Waals surface area contributed by atoms with Gasteiger partial charge in [0.15, 0.2) is 0 Å². The summed E-state index contributed by atoms with van der Waals surface area (Å²) in [4.78, 5) is 3.94. The van der Waals surface area contributed by atoms with Crippen LogP contribution >= 0.6 is 0 Å². The topological polar surface area (TPSA) is 42.0 Å². The van der Waals surface area contributed by atoms with E-state index in [0.717, 1.165) is 24.6 Å². The molecule has 1 aromatic rings. The van der Waals surface area contributed by atoms with Gasteiger partial charge in [0.05, 0.1) is 0 Å². The van der Waals surface area contributed by atoms with Crippen LogP contribution in [0.5, 0.6) is 0 Å². The fraction of sp³-hybridized carbons (Fsp3) is 0.500. The normalized spacial score (nSPS) is 12.6. The molecule has 0 aliphatic heterocycles. The molecule has 0 amide bonds. The molecule has 0 aromatic carbocycles. The Bertz CT molecular complexity index is 277. The molecule has 0 saturated heterocycles. The van der Waals surface area contributed by atoms with Crippen LogP contribution in [-0.4, -0.2) is 27.2 Å². The van der Waals surface area contributed by atoms with Crippen molar-refractivity contribution in [3.63, 3.8) is 0 Å². The molecule has 1 N–H and O–H groups in total. The maximum atomic E-state index is 11.1. The van der Waals surface area contributed by atoms with Crippen LogP contribution in [0.4, 0.5) is 0 Å². The molecule has 1 unspecified atom stereocenters. The third kappa shape index (κ3) is 4.48. The standard InChI is InChI=1S/C10H16N2OS/c1-2-14(13)8-7-12-9-10-3-5-11-6-4-10/h3-6,12H,2,7-9H2,1H3. The summed E-state index contributed by atoms with van der Waals surface area (Å²) >= 11 is 0. The predicted molar refractivity (Wildman–Crippen MR) is 59.5 cm³/mol. The highest BCUT2D eigenvalue weighted by Crippen LogP contribution is 1.94. The molecular formula is C10H16N2OS. The summed E-state index contributed by atoms with van der Waals surface area (Å²) in [6.45, 7) is 3.57. The van der Waals surface area contributed by atoms with Gasteiger partial charge in [0, 0.05) is 47.8 Å². The molecule has 0 aliphatic carbocycles. The lowest BCUT2D eigenvalue weighted by Crippen LogP contribution is -2.20. The maximum absolute atomic E-state index is 11.1. The van der Waals surface area contributed by atoms with Gasteiger partial charge in [0.25, 0.3) is 0 Å². The first kappa shape index (κ1) is 11.3. The third-order valence-electron chi connectivity index (χ3n) is 1.91. The van der Waals surface area contributed by atoms with Crippen LogP contribution < -0.4 is 5.32 Å². The van der Waals surface area contributed by atoms with Gasteiger partial charge in [-0.25, -0.2) is 0 Å². The second-order valence-corrected chi connectivity index (χ2v) is 4.83. The summed E-state index contributed by atoms with van der Waals surface area (Å²) in [7, 11) is -0.660. The van der Waals surface area contributed by atoms with Crippen molar-refractivity contribution in [3.05, 3.63) is 30.1 Å². The first-order valence-corrected chi connectivity index (χ1v) is 6.26. The van der Waals surface area contributed by atoms with Gasteiger partial charge in [-0.3, -0.25) is 9.19 Å².